The Morgan fingerprint density at radius 1 is 1.38 bits per heavy atom. The molecule has 1 aliphatic rings. The van der Waals surface area contributed by atoms with Gasteiger partial charge in [0.2, 0.25) is 11.8 Å². The standard InChI is InChI=1S/C26H34N6O4S/c1-37-12-10-23(26(35)36)30-24(33)17-31(15-20-6-3-2-5-19(20)13-27)16-22-7-4-11-32(22)25(34)9-8-21-14-28-18-29-21/h2-3,5-6,14,18,22-23H,4,7-12,15-17H2,1H3,(H,28,29)(H,30,33)(H,35,36)/t22-,23?/m0/s1. The van der Waals surface area contributed by atoms with Crippen LogP contribution in [0.1, 0.15) is 42.5 Å². The normalized spacial score (nSPS) is 15.9. The zero-order valence-electron chi connectivity index (χ0n) is 21.1. The Morgan fingerprint density at radius 2 is 2.19 bits per heavy atom. The molecule has 1 saturated heterocycles. The van der Waals surface area contributed by atoms with Gasteiger partial charge in [-0.15, -0.1) is 0 Å². The zero-order valence-corrected chi connectivity index (χ0v) is 21.9. The van der Waals surface area contributed by atoms with Gasteiger partial charge in [0.25, 0.3) is 0 Å². The summed E-state index contributed by atoms with van der Waals surface area (Å²) in [4.78, 5) is 48.4. The Kier molecular flexibility index (Phi) is 11.0. The number of nitriles is 1. The molecule has 1 aromatic carbocycles. The third kappa shape index (κ3) is 8.61. The van der Waals surface area contributed by atoms with Gasteiger partial charge in [0, 0.05) is 44.0 Å². The monoisotopic (exact) mass is 526 g/mol. The number of carboxylic acid groups (broad SMARTS) is 1. The van der Waals surface area contributed by atoms with Crippen LogP contribution >= 0.6 is 11.8 Å². The Morgan fingerprint density at radius 3 is 2.89 bits per heavy atom. The van der Waals surface area contributed by atoms with Gasteiger partial charge >= 0.3 is 5.97 Å². The largest absolute Gasteiger partial charge is 0.480 e. The molecule has 3 N–H and O–H groups in total. The number of amides is 2. The van der Waals surface area contributed by atoms with Crippen LogP contribution in [0.25, 0.3) is 0 Å². The molecular weight excluding hydrogens is 492 g/mol. The van der Waals surface area contributed by atoms with Crippen molar-refractivity contribution in [1.82, 2.24) is 25.1 Å². The summed E-state index contributed by atoms with van der Waals surface area (Å²) < 4.78 is 0. The molecular formula is C26H34N6O4S. The van der Waals surface area contributed by atoms with E-state index in [1.165, 1.54) is 11.8 Å². The van der Waals surface area contributed by atoms with Crippen molar-refractivity contribution >= 4 is 29.5 Å². The zero-order chi connectivity index (χ0) is 26.6. The number of carboxylic acids is 1. The first kappa shape index (κ1) is 28.2. The molecule has 2 atom stereocenters. The number of imidazole rings is 1. The summed E-state index contributed by atoms with van der Waals surface area (Å²) in [5, 5.41) is 21.7. The van der Waals surface area contributed by atoms with Crippen molar-refractivity contribution < 1.29 is 19.5 Å². The number of thioether (sulfide) groups is 1. The highest BCUT2D eigenvalue weighted by Gasteiger charge is 2.31. The highest BCUT2D eigenvalue weighted by Crippen LogP contribution is 2.21. The number of aliphatic carboxylic acids is 1. The number of aryl methyl sites for hydroxylation is 1. The topological polar surface area (TPSA) is 142 Å². The fourth-order valence-electron chi connectivity index (χ4n) is 4.59. The van der Waals surface area contributed by atoms with Crippen LogP contribution in [-0.2, 0) is 27.3 Å². The Labute approximate surface area is 221 Å². The number of H-pyrrole nitrogens is 1. The van der Waals surface area contributed by atoms with Crippen LogP contribution < -0.4 is 5.32 Å². The highest BCUT2D eigenvalue weighted by atomic mass is 32.2. The SMILES string of the molecule is CSCCC(NC(=O)CN(Cc1ccccc1C#N)C[C@@H]1CCCN1C(=O)CCc1cnc[nH]1)C(=O)O. The number of hydrogen-bond donors (Lipinski definition) is 3. The molecule has 0 bridgehead atoms. The van der Waals surface area contributed by atoms with E-state index in [1.807, 2.05) is 28.2 Å². The number of hydrogen-bond acceptors (Lipinski definition) is 7. The summed E-state index contributed by atoms with van der Waals surface area (Å²) in [5.41, 5.74) is 2.21. The number of aromatic amines is 1. The van der Waals surface area contributed by atoms with Crippen molar-refractivity contribution in [1.29, 1.82) is 5.26 Å². The fourth-order valence-corrected chi connectivity index (χ4v) is 5.06. The highest BCUT2D eigenvalue weighted by molar-refractivity contribution is 7.98. The molecule has 0 saturated carbocycles. The quantitative estimate of drug-likeness (QED) is 0.339. The van der Waals surface area contributed by atoms with Gasteiger partial charge in [0.15, 0.2) is 0 Å². The molecule has 2 heterocycles. The Hall–Kier alpha value is -3.36. The van der Waals surface area contributed by atoms with Crippen LogP contribution in [0.4, 0.5) is 0 Å². The van der Waals surface area contributed by atoms with Gasteiger partial charge in [0.1, 0.15) is 6.04 Å². The van der Waals surface area contributed by atoms with Crippen LogP contribution in [0.5, 0.6) is 0 Å². The van der Waals surface area contributed by atoms with E-state index in [-0.39, 0.29) is 18.5 Å². The molecule has 1 fully saturated rings. The van der Waals surface area contributed by atoms with E-state index in [0.717, 1.165) is 24.1 Å². The third-order valence-electron chi connectivity index (χ3n) is 6.47. The molecule has 10 nitrogen and oxygen atoms in total. The van der Waals surface area contributed by atoms with Crippen molar-refractivity contribution in [2.24, 2.45) is 0 Å². The minimum absolute atomic E-state index is 0.0323. The second-order valence-corrected chi connectivity index (χ2v) is 10.1. The number of carbonyl (C=O) groups is 3. The molecule has 37 heavy (non-hydrogen) atoms. The van der Waals surface area contributed by atoms with Crippen molar-refractivity contribution in [3.8, 4) is 6.07 Å². The molecule has 2 aromatic rings. The maximum Gasteiger partial charge on any atom is 0.326 e. The molecule has 0 radical (unpaired) electrons. The van der Waals surface area contributed by atoms with Crippen molar-refractivity contribution in [2.75, 3.05) is 31.6 Å². The van der Waals surface area contributed by atoms with Gasteiger partial charge in [-0.2, -0.15) is 17.0 Å². The lowest BCUT2D eigenvalue weighted by molar-refractivity contribution is -0.142. The van der Waals surface area contributed by atoms with E-state index < -0.39 is 17.9 Å². The lowest BCUT2D eigenvalue weighted by atomic mass is 10.1. The first-order valence-electron chi connectivity index (χ1n) is 12.4. The van der Waals surface area contributed by atoms with Crippen molar-refractivity contribution in [3.63, 3.8) is 0 Å². The average Bonchev–Trinajstić information content (AvgIpc) is 3.57. The summed E-state index contributed by atoms with van der Waals surface area (Å²) in [6, 6.07) is 8.39. The number of aromatic nitrogens is 2. The number of rotatable bonds is 14. The van der Waals surface area contributed by atoms with Gasteiger partial charge in [-0.3, -0.25) is 14.5 Å². The van der Waals surface area contributed by atoms with Gasteiger partial charge < -0.3 is 20.3 Å². The number of nitrogens with zero attached hydrogens (tertiary/aromatic N) is 4. The average molecular weight is 527 g/mol. The van der Waals surface area contributed by atoms with Crippen LogP contribution in [0.2, 0.25) is 0 Å². The summed E-state index contributed by atoms with van der Waals surface area (Å²) in [7, 11) is 0. The van der Waals surface area contributed by atoms with E-state index in [9.17, 15) is 24.8 Å². The number of benzene rings is 1. The second-order valence-electron chi connectivity index (χ2n) is 9.14. The molecule has 1 aliphatic heterocycles. The van der Waals surface area contributed by atoms with E-state index in [2.05, 4.69) is 21.4 Å². The summed E-state index contributed by atoms with van der Waals surface area (Å²) in [6.45, 7) is 1.42. The fraction of sp³-hybridized carbons (Fsp3) is 0.500. The maximum atomic E-state index is 13.0. The van der Waals surface area contributed by atoms with Crippen molar-refractivity contribution in [2.45, 2.75) is 50.7 Å². The predicted octanol–water partition coefficient (Wildman–Crippen LogP) is 2.03. The van der Waals surface area contributed by atoms with Crippen LogP contribution in [0.15, 0.2) is 36.8 Å². The molecule has 1 aromatic heterocycles. The van der Waals surface area contributed by atoms with E-state index in [0.29, 0.717) is 50.2 Å². The van der Waals surface area contributed by atoms with Crippen LogP contribution in [0.3, 0.4) is 0 Å². The molecule has 3 rings (SSSR count). The minimum atomic E-state index is -1.06. The second kappa shape index (κ2) is 14.4. The van der Waals surface area contributed by atoms with Crippen LogP contribution in [-0.4, -0.2) is 86.4 Å². The molecule has 11 heteroatoms. The van der Waals surface area contributed by atoms with Gasteiger partial charge in [0.05, 0.1) is 24.5 Å². The first-order valence-corrected chi connectivity index (χ1v) is 13.8. The molecule has 0 aliphatic carbocycles. The molecule has 1 unspecified atom stereocenters. The Balaban J connectivity index is 1.70. The number of carbonyl (C=O) groups excluding carboxylic acids is 2. The molecule has 198 valence electrons. The predicted molar refractivity (Wildman–Crippen MR) is 141 cm³/mol. The van der Waals surface area contributed by atoms with E-state index in [4.69, 9.17) is 0 Å². The molecule has 2 amide bonds. The minimum Gasteiger partial charge on any atom is -0.480 e. The maximum absolute atomic E-state index is 13.0. The van der Waals surface area contributed by atoms with E-state index in [1.54, 1.807) is 24.7 Å². The van der Waals surface area contributed by atoms with E-state index >= 15 is 0 Å². The van der Waals surface area contributed by atoms with Crippen molar-refractivity contribution in [3.05, 3.63) is 53.6 Å². The smallest absolute Gasteiger partial charge is 0.326 e. The third-order valence-corrected chi connectivity index (χ3v) is 7.12. The van der Waals surface area contributed by atoms with Crippen LogP contribution in [0, 0.1) is 11.3 Å². The van der Waals surface area contributed by atoms with Gasteiger partial charge in [-0.05, 0) is 49.3 Å². The Bertz CT molecular complexity index is 1090. The first-order chi connectivity index (χ1) is 17.9. The summed E-state index contributed by atoms with van der Waals surface area (Å²) >= 11 is 1.52. The lowest BCUT2D eigenvalue weighted by Crippen LogP contribution is -2.49. The summed E-state index contributed by atoms with van der Waals surface area (Å²) in [6.07, 6.45) is 8.17. The van der Waals surface area contributed by atoms with Gasteiger partial charge in [-0.25, -0.2) is 9.78 Å². The number of likely N-dealkylation sites (tertiary alicyclic amines) is 1. The van der Waals surface area contributed by atoms with Gasteiger partial charge in [-0.1, -0.05) is 18.2 Å². The summed E-state index contributed by atoms with van der Waals surface area (Å²) in [5.74, 6) is -0.776. The lowest BCUT2D eigenvalue weighted by Gasteiger charge is -2.31. The molecule has 0 spiro atoms. The number of nitrogens with one attached hydrogen (secondary N) is 2.